The summed E-state index contributed by atoms with van der Waals surface area (Å²) in [5.74, 6) is -0.109. The van der Waals surface area contributed by atoms with E-state index < -0.39 is 0 Å². The lowest BCUT2D eigenvalue weighted by molar-refractivity contribution is -0.116. The van der Waals surface area contributed by atoms with E-state index in [1.54, 1.807) is 35.3 Å². The molecule has 0 radical (unpaired) electrons. The van der Waals surface area contributed by atoms with Crippen molar-refractivity contribution in [3.05, 3.63) is 42.5 Å². The molecule has 0 atom stereocenters. The lowest BCUT2D eigenvalue weighted by Gasteiger charge is -2.06. The molecule has 1 amide bonds. The van der Waals surface area contributed by atoms with Crippen molar-refractivity contribution in [3.8, 4) is 6.07 Å². The maximum absolute atomic E-state index is 11.7. The minimum Gasteiger partial charge on any atom is -0.325 e. The van der Waals surface area contributed by atoms with Crippen LogP contribution >= 0.6 is 0 Å². The van der Waals surface area contributed by atoms with Gasteiger partial charge in [0.15, 0.2) is 0 Å². The van der Waals surface area contributed by atoms with E-state index in [1.807, 2.05) is 6.07 Å². The summed E-state index contributed by atoms with van der Waals surface area (Å²) in [6.45, 7) is 0.646. The van der Waals surface area contributed by atoms with E-state index >= 15 is 0 Å². The number of rotatable bonds is 5. The molecule has 2 aromatic rings. The van der Waals surface area contributed by atoms with Crippen molar-refractivity contribution in [1.82, 2.24) is 14.8 Å². The number of nitriles is 1. The van der Waals surface area contributed by atoms with Crippen LogP contribution in [-0.4, -0.2) is 20.7 Å². The van der Waals surface area contributed by atoms with E-state index in [2.05, 4.69) is 15.4 Å². The molecule has 0 fully saturated rings. The molecule has 0 bridgehead atoms. The summed E-state index contributed by atoms with van der Waals surface area (Å²) < 4.78 is 1.68. The SMILES string of the molecule is N#Cc1ccccc1NC(=O)CCCn1cncn1. The number of anilines is 1. The first-order valence-corrected chi connectivity index (χ1v) is 5.91. The molecule has 0 saturated carbocycles. The van der Waals surface area contributed by atoms with Gasteiger partial charge in [-0.15, -0.1) is 0 Å². The molecule has 6 nitrogen and oxygen atoms in total. The number of nitrogens with one attached hydrogen (secondary N) is 1. The number of aromatic nitrogens is 3. The van der Waals surface area contributed by atoms with Crippen LogP contribution in [0.5, 0.6) is 0 Å². The Morgan fingerprint density at radius 2 is 2.26 bits per heavy atom. The molecule has 6 heteroatoms. The fourth-order valence-electron chi connectivity index (χ4n) is 1.65. The third kappa shape index (κ3) is 3.64. The van der Waals surface area contributed by atoms with Crippen LogP contribution in [0.3, 0.4) is 0 Å². The maximum atomic E-state index is 11.7. The third-order valence-corrected chi connectivity index (χ3v) is 2.58. The fourth-order valence-corrected chi connectivity index (χ4v) is 1.65. The van der Waals surface area contributed by atoms with Crippen molar-refractivity contribution >= 4 is 11.6 Å². The highest BCUT2D eigenvalue weighted by Gasteiger charge is 2.06. The zero-order valence-corrected chi connectivity index (χ0v) is 10.3. The zero-order valence-electron chi connectivity index (χ0n) is 10.3. The number of hydrogen-bond acceptors (Lipinski definition) is 4. The van der Waals surface area contributed by atoms with Crippen molar-refractivity contribution in [2.75, 3.05) is 5.32 Å². The van der Waals surface area contributed by atoms with Crippen LogP contribution in [-0.2, 0) is 11.3 Å². The molecule has 0 aliphatic carbocycles. The van der Waals surface area contributed by atoms with E-state index in [9.17, 15) is 4.79 Å². The van der Waals surface area contributed by atoms with Crippen LogP contribution < -0.4 is 5.32 Å². The summed E-state index contributed by atoms with van der Waals surface area (Å²) in [5, 5.41) is 15.6. The van der Waals surface area contributed by atoms with Gasteiger partial charge >= 0.3 is 0 Å². The van der Waals surface area contributed by atoms with E-state index in [1.165, 1.54) is 6.33 Å². The molecule has 0 aliphatic rings. The maximum Gasteiger partial charge on any atom is 0.224 e. The summed E-state index contributed by atoms with van der Waals surface area (Å²) in [6.07, 6.45) is 4.12. The molecule has 1 aromatic carbocycles. The predicted octanol–water partition coefficient (Wildman–Crippen LogP) is 1.57. The van der Waals surface area contributed by atoms with Crippen LogP contribution in [0, 0.1) is 11.3 Å². The smallest absolute Gasteiger partial charge is 0.224 e. The Labute approximate surface area is 110 Å². The monoisotopic (exact) mass is 255 g/mol. The number of amides is 1. The lowest BCUT2D eigenvalue weighted by atomic mass is 10.2. The minimum absolute atomic E-state index is 0.109. The van der Waals surface area contributed by atoms with Gasteiger partial charge in [0, 0.05) is 13.0 Å². The molecule has 0 unspecified atom stereocenters. The topological polar surface area (TPSA) is 83.6 Å². The van der Waals surface area contributed by atoms with Gasteiger partial charge in [-0.2, -0.15) is 10.4 Å². The normalized spacial score (nSPS) is 9.84. The Balaban J connectivity index is 1.83. The van der Waals surface area contributed by atoms with E-state index in [4.69, 9.17) is 5.26 Å². The molecule has 1 aromatic heterocycles. The lowest BCUT2D eigenvalue weighted by Crippen LogP contribution is -2.13. The highest BCUT2D eigenvalue weighted by Crippen LogP contribution is 2.13. The number of benzene rings is 1. The Hall–Kier alpha value is -2.68. The second-order valence-corrected chi connectivity index (χ2v) is 3.97. The second kappa shape index (κ2) is 6.31. The first kappa shape index (κ1) is 12.8. The largest absolute Gasteiger partial charge is 0.325 e. The summed E-state index contributed by atoms with van der Waals surface area (Å²) in [6, 6.07) is 8.98. The van der Waals surface area contributed by atoms with Crippen LogP contribution in [0.4, 0.5) is 5.69 Å². The van der Waals surface area contributed by atoms with Crippen molar-refractivity contribution in [2.24, 2.45) is 0 Å². The standard InChI is InChI=1S/C13H13N5O/c14-8-11-4-1-2-5-12(11)17-13(19)6-3-7-18-10-15-9-16-18/h1-2,4-5,9-10H,3,6-7H2,(H,17,19). The summed E-state index contributed by atoms with van der Waals surface area (Å²) in [5.41, 5.74) is 1.02. The predicted molar refractivity (Wildman–Crippen MR) is 69.0 cm³/mol. The van der Waals surface area contributed by atoms with Crippen molar-refractivity contribution in [3.63, 3.8) is 0 Å². The Morgan fingerprint density at radius 3 is 3.00 bits per heavy atom. The van der Waals surface area contributed by atoms with Crippen LogP contribution in [0.2, 0.25) is 0 Å². The average Bonchev–Trinajstić information content (AvgIpc) is 2.92. The van der Waals surface area contributed by atoms with Crippen LogP contribution in [0.25, 0.3) is 0 Å². The average molecular weight is 255 g/mol. The summed E-state index contributed by atoms with van der Waals surface area (Å²) in [7, 11) is 0. The Kier molecular flexibility index (Phi) is 4.24. The van der Waals surface area contributed by atoms with Crippen LogP contribution in [0.1, 0.15) is 18.4 Å². The molecule has 96 valence electrons. The highest BCUT2D eigenvalue weighted by atomic mass is 16.1. The van der Waals surface area contributed by atoms with Gasteiger partial charge in [-0.05, 0) is 18.6 Å². The molecule has 2 rings (SSSR count). The molecular weight excluding hydrogens is 242 g/mol. The number of aryl methyl sites for hydroxylation is 1. The highest BCUT2D eigenvalue weighted by molar-refractivity contribution is 5.92. The van der Waals surface area contributed by atoms with E-state index in [0.717, 1.165) is 0 Å². The molecule has 1 N–H and O–H groups in total. The molecule has 0 spiro atoms. The Morgan fingerprint density at radius 1 is 1.42 bits per heavy atom. The molecule has 0 saturated heterocycles. The van der Waals surface area contributed by atoms with Gasteiger partial charge in [-0.3, -0.25) is 9.48 Å². The fraction of sp³-hybridized carbons (Fsp3) is 0.231. The molecule has 1 heterocycles. The van der Waals surface area contributed by atoms with Gasteiger partial charge in [-0.1, -0.05) is 12.1 Å². The zero-order chi connectivity index (χ0) is 13.5. The van der Waals surface area contributed by atoms with Gasteiger partial charge in [0.05, 0.1) is 11.3 Å². The number of nitrogens with zero attached hydrogens (tertiary/aromatic N) is 4. The third-order valence-electron chi connectivity index (χ3n) is 2.58. The van der Waals surface area contributed by atoms with Gasteiger partial charge in [-0.25, -0.2) is 4.98 Å². The summed E-state index contributed by atoms with van der Waals surface area (Å²) in [4.78, 5) is 15.6. The van der Waals surface area contributed by atoms with Gasteiger partial charge in [0.1, 0.15) is 18.7 Å². The van der Waals surface area contributed by atoms with Crippen molar-refractivity contribution in [1.29, 1.82) is 5.26 Å². The minimum atomic E-state index is -0.109. The van der Waals surface area contributed by atoms with Gasteiger partial charge in [0.25, 0.3) is 0 Å². The summed E-state index contributed by atoms with van der Waals surface area (Å²) >= 11 is 0. The quantitative estimate of drug-likeness (QED) is 0.878. The van der Waals surface area contributed by atoms with Crippen molar-refractivity contribution in [2.45, 2.75) is 19.4 Å². The van der Waals surface area contributed by atoms with Crippen LogP contribution in [0.15, 0.2) is 36.9 Å². The molecular formula is C13H13N5O. The Bertz CT molecular complexity index is 585. The molecule has 19 heavy (non-hydrogen) atoms. The number of hydrogen-bond donors (Lipinski definition) is 1. The van der Waals surface area contributed by atoms with Crippen molar-refractivity contribution < 1.29 is 4.79 Å². The van der Waals surface area contributed by atoms with E-state index in [0.29, 0.717) is 30.6 Å². The first-order chi connectivity index (χ1) is 9.29. The van der Waals surface area contributed by atoms with Gasteiger partial charge < -0.3 is 5.32 Å². The van der Waals surface area contributed by atoms with E-state index in [-0.39, 0.29) is 5.91 Å². The number of carbonyl (C=O) groups is 1. The number of para-hydroxylation sites is 1. The molecule has 0 aliphatic heterocycles. The second-order valence-electron chi connectivity index (χ2n) is 3.97. The first-order valence-electron chi connectivity index (χ1n) is 5.91. The number of carbonyl (C=O) groups excluding carboxylic acids is 1. The van der Waals surface area contributed by atoms with Gasteiger partial charge in [0.2, 0.25) is 5.91 Å².